The van der Waals surface area contributed by atoms with Gasteiger partial charge in [0.05, 0.1) is 5.69 Å². The van der Waals surface area contributed by atoms with Gasteiger partial charge in [-0.15, -0.1) is 0 Å². The molecule has 0 saturated carbocycles. The van der Waals surface area contributed by atoms with Crippen LogP contribution in [-0.4, -0.2) is 39.8 Å². The standard InChI is InChI=1S/C17H15N5O4/c23-15-12-13(9-3-4-10-11(7-9)26-8-25-10)18-16(22-5-1-2-6-22)19-14(12)20-17(24)21-15/h3-4,7H,1-2,5-6,8H2,(H2,18,19,20,21,23,24). The van der Waals surface area contributed by atoms with E-state index in [0.29, 0.717) is 28.7 Å². The first-order valence-electron chi connectivity index (χ1n) is 8.38. The van der Waals surface area contributed by atoms with E-state index in [1.165, 1.54) is 0 Å². The molecule has 2 aliphatic heterocycles. The van der Waals surface area contributed by atoms with Crippen molar-refractivity contribution >= 4 is 17.0 Å². The molecule has 9 heteroatoms. The number of ether oxygens (including phenoxy) is 2. The molecular formula is C17H15N5O4. The van der Waals surface area contributed by atoms with Crippen LogP contribution in [0.1, 0.15) is 12.8 Å². The lowest BCUT2D eigenvalue weighted by molar-refractivity contribution is 0.174. The fraction of sp³-hybridized carbons (Fsp3) is 0.294. The van der Waals surface area contributed by atoms with E-state index in [-0.39, 0.29) is 17.8 Å². The Morgan fingerprint density at radius 2 is 1.81 bits per heavy atom. The van der Waals surface area contributed by atoms with Crippen LogP contribution < -0.4 is 25.6 Å². The average Bonchev–Trinajstić information content (AvgIpc) is 3.31. The zero-order chi connectivity index (χ0) is 17.7. The summed E-state index contributed by atoms with van der Waals surface area (Å²) in [4.78, 5) is 40.1. The van der Waals surface area contributed by atoms with Crippen molar-refractivity contribution in [2.24, 2.45) is 0 Å². The van der Waals surface area contributed by atoms with Crippen molar-refractivity contribution in [1.82, 2.24) is 19.9 Å². The Bertz CT molecular complexity index is 1130. The normalized spacial score (nSPS) is 15.8. The van der Waals surface area contributed by atoms with Crippen molar-refractivity contribution in [1.29, 1.82) is 0 Å². The summed E-state index contributed by atoms with van der Waals surface area (Å²) in [6.45, 7) is 1.86. The highest BCUT2D eigenvalue weighted by Gasteiger charge is 2.22. The molecule has 0 aliphatic carbocycles. The molecule has 0 spiro atoms. The van der Waals surface area contributed by atoms with Crippen LogP contribution >= 0.6 is 0 Å². The predicted octanol–water partition coefficient (Wildman–Crippen LogP) is 1.00. The molecule has 0 radical (unpaired) electrons. The highest BCUT2D eigenvalue weighted by Crippen LogP contribution is 2.36. The lowest BCUT2D eigenvalue weighted by Gasteiger charge is -2.17. The Balaban J connectivity index is 1.79. The number of rotatable bonds is 2. The number of aromatic nitrogens is 4. The molecule has 0 atom stereocenters. The fourth-order valence-electron chi connectivity index (χ4n) is 3.37. The first kappa shape index (κ1) is 14.9. The molecule has 1 fully saturated rings. The van der Waals surface area contributed by atoms with Crippen molar-refractivity contribution in [3.63, 3.8) is 0 Å². The second kappa shape index (κ2) is 5.58. The number of nitrogens with zero attached hydrogens (tertiary/aromatic N) is 3. The number of hydrogen-bond donors (Lipinski definition) is 2. The Morgan fingerprint density at radius 3 is 2.65 bits per heavy atom. The summed E-state index contributed by atoms with van der Waals surface area (Å²) in [6, 6.07) is 5.37. The molecule has 3 aromatic rings. The van der Waals surface area contributed by atoms with Crippen molar-refractivity contribution in [3.05, 3.63) is 39.0 Å². The Hall–Kier alpha value is -3.36. The van der Waals surface area contributed by atoms with Gasteiger partial charge in [-0.1, -0.05) is 0 Å². The number of aromatic amines is 2. The van der Waals surface area contributed by atoms with E-state index in [0.717, 1.165) is 25.9 Å². The molecule has 0 unspecified atom stereocenters. The molecule has 2 aromatic heterocycles. The molecule has 9 nitrogen and oxygen atoms in total. The van der Waals surface area contributed by atoms with Crippen molar-refractivity contribution < 1.29 is 9.47 Å². The molecular weight excluding hydrogens is 338 g/mol. The molecule has 5 rings (SSSR count). The van der Waals surface area contributed by atoms with Crippen molar-refractivity contribution in [3.8, 4) is 22.8 Å². The molecule has 2 aliphatic rings. The van der Waals surface area contributed by atoms with Gasteiger partial charge in [0.1, 0.15) is 5.39 Å². The van der Waals surface area contributed by atoms with Gasteiger partial charge in [0.15, 0.2) is 17.1 Å². The van der Waals surface area contributed by atoms with Gasteiger partial charge in [0.25, 0.3) is 5.56 Å². The first-order chi connectivity index (χ1) is 12.7. The summed E-state index contributed by atoms with van der Waals surface area (Å²) < 4.78 is 10.8. The number of anilines is 1. The summed E-state index contributed by atoms with van der Waals surface area (Å²) in [5.74, 6) is 1.75. The Labute approximate surface area is 146 Å². The van der Waals surface area contributed by atoms with Gasteiger partial charge in [-0.2, -0.15) is 4.98 Å². The summed E-state index contributed by atoms with van der Waals surface area (Å²) in [7, 11) is 0. The fourth-order valence-corrected chi connectivity index (χ4v) is 3.37. The summed E-state index contributed by atoms with van der Waals surface area (Å²) in [5, 5.41) is 0.242. The van der Waals surface area contributed by atoms with E-state index in [4.69, 9.17) is 9.47 Å². The molecule has 4 heterocycles. The third kappa shape index (κ3) is 2.32. The average molecular weight is 353 g/mol. The van der Waals surface area contributed by atoms with Crippen LogP contribution in [0.4, 0.5) is 5.95 Å². The second-order valence-electron chi connectivity index (χ2n) is 6.27. The first-order valence-corrected chi connectivity index (χ1v) is 8.38. The van der Waals surface area contributed by atoms with Gasteiger partial charge in [-0.25, -0.2) is 9.78 Å². The minimum absolute atomic E-state index is 0.163. The van der Waals surface area contributed by atoms with E-state index in [9.17, 15) is 9.59 Å². The Morgan fingerprint density at radius 1 is 1.00 bits per heavy atom. The van der Waals surface area contributed by atoms with Gasteiger partial charge in [-0.3, -0.25) is 14.8 Å². The van der Waals surface area contributed by atoms with Gasteiger partial charge < -0.3 is 14.4 Å². The molecule has 0 amide bonds. The molecule has 132 valence electrons. The zero-order valence-electron chi connectivity index (χ0n) is 13.7. The van der Waals surface area contributed by atoms with E-state index >= 15 is 0 Å². The van der Waals surface area contributed by atoms with Crippen LogP contribution in [0.2, 0.25) is 0 Å². The third-order valence-corrected chi connectivity index (χ3v) is 4.62. The third-order valence-electron chi connectivity index (χ3n) is 4.62. The minimum Gasteiger partial charge on any atom is -0.454 e. The summed E-state index contributed by atoms with van der Waals surface area (Å²) in [6.07, 6.45) is 2.12. The van der Waals surface area contributed by atoms with Gasteiger partial charge in [-0.05, 0) is 31.0 Å². The summed E-state index contributed by atoms with van der Waals surface area (Å²) in [5.41, 5.74) is 0.255. The molecule has 1 aromatic carbocycles. The quantitative estimate of drug-likeness (QED) is 0.706. The monoisotopic (exact) mass is 353 g/mol. The predicted molar refractivity (Wildman–Crippen MR) is 93.8 cm³/mol. The lowest BCUT2D eigenvalue weighted by atomic mass is 10.1. The van der Waals surface area contributed by atoms with Crippen molar-refractivity contribution in [2.45, 2.75) is 12.8 Å². The number of hydrogen-bond acceptors (Lipinski definition) is 7. The van der Waals surface area contributed by atoms with Crippen LogP contribution in [0.25, 0.3) is 22.3 Å². The van der Waals surface area contributed by atoms with Gasteiger partial charge >= 0.3 is 5.69 Å². The zero-order valence-corrected chi connectivity index (χ0v) is 13.7. The van der Waals surface area contributed by atoms with Crippen LogP contribution in [0.5, 0.6) is 11.5 Å². The summed E-state index contributed by atoms with van der Waals surface area (Å²) >= 11 is 0. The van der Waals surface area contributed by atoms with Gasteiger partial charge in [0.2, 0.25) is 12.7 Å². The largest absolute Gasteiger partial charge is 0.454 e. The van der Waals surface area contributed by atoms with E-state index in [2.05, 4.69) is 24.8 Å². The van der Waals surface area contributed by atoms with E-state index in [1.807, 2.05) is 6.07 Å². The van der Waals surface area contributed by atoms with Crippen LogP contribution in [-0.2, 0) is 0 Å². The topological polar surface area (TPSA) is 113 Å². The minimum atomic E-state index is -0.592. The number of benzene rings is 1. The van der Waals surface area contributed by atoms with E-state index < -0.39 is 11.2 Å². The van der Waals surface area contributed by atoms with Gasteiger partial charge in [0, 0.05) is 18.7 Å². The lowest BCUT2D eigenvalue weighted by Crippen LogP contribution is -2.26. The van der Waals surface area contributed by atoms with Crippen LogP contribution in [0, 0.1) is 0 Å². The smallest absolute Gasteiger partial charge is 0.327 e. The number of H-pyrrole nitrogens is 2. The second-order valence-corrected chi connectivity index (χ2v) is 6.27. The Kier molecular flexibility index (Phi) is 3.21. The maximum Gasteiger partial charge on any atom is 0.327 e. The van der Waals surface area contributed by atoms with E-state index in [1.54, 1.807) is 12.1 Å². The highest BCUT2D eigenvalue weighted by atomic mass is 16.7. The van der Waals surface area contributed by atoms with Crippen LogP contribution in [0.3, 0.4) is 0 Å². The number of fused-ring (bicyclic) bond motifs is 2. The molecule has 26 heavy (non-hydrogen) atoms. The van der Waals surface area contributed by atoms with Crippen molar-refractivity contribution in [2.75, 3.05) is 24.8 Å². The molecule has 0 bridgehead atoms. The molecule has 1 saturated heterocycles. The SMILES string of the molecule is O=c1[nH]c(=O)c2c(-c3ccc4c(c3)OCO4)nc(N3CCCC3)nc2[nH]1. The van der Waals surface area contributed by atoms with Crippen LogP contribution in [0.15, 0.2) is 27.8 Å². The molecule has 2 N–H and O–H groups in total. The number of nitrogens with one attached hydrogen (secondary N) is 2. The maximum atomic E-state index is 12.4. The maximum absolute atomic E-state index is 12.4. The highest BCUT2D eigenvalue weighted by molar-refractivity contribution is 5.90.